The third kappa shape index (κ3) is 1.73. The third-order valence-electron chi connectivity index (χ3n) is 4.16. The van der Waals surface area contributed by atoms with Gasteiger partial charge in [0.05, 0.1) is 18.3 Å². The number of carbonyl (C=O) groups is 1. The van der Waals surface area contributed by atoms with Gasteiger partial charge in [-0.3, -0.25) is 4.79 Å². The van der Waals surface area contributed by atoms with Crippen LogP contribution in [-0.4, -0.2) is 46.2 Å². The zero-order chi connectivity index (χ0) is 13.5. The molecule has 104 valence electrons. The second-order valence-corrected chi connectivity index (χ2v) is 5.91. The number of fused-ring (bicyclic) bond motifs is 1. The number of amides is 1. The van der Waals surface area contributed by atoms with Crippen LogP contribution in [0.3, 0.4) is 0 Å². The van der Waals surface area contributed by atoms with E-state index >= 15 is 0 Å². The first-order chi connectivity index (χ1) is 9.84. The predicted octanol–water partition coefficient (Wildman–Crippen LogP) is 1.62. The van der Waals surface area contributed by atoms with Crippen LogP contribution >= 0.6 is 11.3 Å². The van der Waals surface area contributed by atoms with E-state index in [1.807, 2.05) is 4.90 Å². The minimum Gasteiger partial charge on any atom is -0.459 e. The van der Waals surface area contributed by atoms with Crippen molar-refractivity contribution in [2.45, 2.75) is 24.9 Å². The van der Waals surface area contributed by atoms with Crippen LogP contribution in [0, 0.1) is 0 Å². The van der Waals surface area contributed by atoms with Gasteiger partial charge in [-0.15, -0.1) is 10.2 Å². The molecule has 7 heteroatoms. The summed E-state index contributed by atoms with van der Waals surface area (Å²) in [5, 5.41) is 9.02. The van der Waals surface area contributed by atoms with Crippen molar-refractivity contribution in [1.29, 1.82) is 0 Å². The quantitative estimate of drug-likeness (QED) is 0.841. The summed E-state index contributed by atoms with van der Waals surface area (Å²) in [6, 6.07) is 4.11. The Labute approximate surface area is 120 Å². The zero-order valence-electron chi connectivity index (χ0n) is 10.8. The minimum absolute atomic E-state index is 0.00149. The molecule has 2 aromatic heterocycles. The number of likely N-dealkylation sites (tertiary alicyclic amines) is 1. The summed E-state index contributed by atoms with van der Waals surface area (Å²) >= 11 is 1.56. The Morgan fingerprint density at radius 2 is 2.25 bits per heavy atom. The summed E-state index contributed by atoms with van der Waals surface area (Å²) in [5.41, 5.74) is 1.75. The maximum atomic E-state index is 12.4. The summed E-state index contributed by atoms with van der Waals surface area (Å²) in [6.07, 6.45) is 3.51. The normalized spacial score (nSPS) is 25.2. The number of furan rings is 1. The van der Waals surface area contributed by atoms with Gasteiger partial charge in [-0.25, -0.2) is 0 Å². The highest BCUT2D eigenvalue weighted by atomic mass is 32.1. The fourth-order valence-electron chi connectivity index (χ4n) is 3.31. The molecule has 2 fully saturated rings. The molecule has 2 aromatic rings. The maximum Gasteiger partial charge on any atom is 0.289 e. The van der Waals surface area contributed by atoms with E-state index in [2.05, 4.69) is 15.1 Å². The largest absolute Gasteiger partial charge is 0.459 e. The van der Waals surface area contributed by atoms with Crippen LogP contribution < -0.4 is 4.90 Å². The van der Waals surface area contributed by atoms with E-state index < -0.39 is 0 Å². The molecule has 20 heavy (non-hydrogen) atoms. The lowest BCUT2D eigenvalue weighted by atomic mass is 10.1. The fourth-order valence-corrected chi connectivity index (χ4v) is 3.95. The molecule has 1 amide bonds. The van der Waals surface area contributed by atoms with Gasteiger partial charge in [0.25, 0.3) is 5.91 Å². The highest BCUT2D eigenvalue weighted by Gasteiger charge is 2.45. The average molecular weight is 290 g/mol. The van der Waals surface area contributed by atoms with E-state index in [-0.39, 0.29) is 11.9 Å². The van der Waals surface area contributed by atoms with E-state index in [1.54, 1.807) is 35.2 Å². The number of carbonyl (C=O) groups excluding carboxylic acids is 1. The number of hydrogen-bond donors (Lipinski definition) is 0. The SMILES string of the molecule is O=C(c1ccco1)N1CC[C@@H]2[C@@H]1CCN2c1nncs1. The molecule has 0 aromatic carbocycles. The Balaban J connectivity index is 1.55. The molecule has 2 aliphatic rings. The molecule has 0 bridgehead atoms. The van der Waals surface area contributed by atoms with Crippen LogP contribution in [0.25, 0.3) is 0 Å². The number of anilines is 1. The molecule has 0 spiro atoms. The lowest BCUT2D eigenvalue weighted by Crippen LogP contribution is -2.39. The van der Waals surface area contributed by atoms with Crippen molar-refractivity contribution in [3.05, 3.63) is 29.7 Å². The minimum atomic E-state index is 0.00149. The maximum absolute atomic E-state index is 12.4. The van der Waals surface area contributed by atoms with Crippen LogP contribution in [0.5, 0.6) is 0 Å². The van der Waals surface area contributed by atoms with Crippen molar-refractivity contribution in [2.75, 3.05) is 18.0 Å². The highest BCUT2D eigenvalue weighted by Crippen LogP contribution is 2.36. The predicted molar refractivity (Wildman–Crippen MR) is 73.8 cm³/mol. The molecule has 4 heterocycles. The van der Waals surface area contributed by atoms with Crippen molar-refractivity contribution >= 4 is 22.4 Å². The van der Waals surface area contributed by atoms with Gasteiger partial charge >= 0.3 is 0 Å². The Kier molecular flexibility index (Phi) is 2.73. The van der Waals surface area contributed by atoms with Crippen molar-refractivity contribution in [2.24, 2.45) is 0 Å². The Morgan fingerprint density at radius 1 is 1.35 bits per heavy atom. The molecule has 2 saturated heterocycles. The highest BCUT2D eigenvalue weighted by molar-refractivity contribution is 7.13. The van der Waals surface area contributed by atoms with E-state index in [1.165, 1.54) is 0 Å². The molecular formula is C13H14N4O2S. The second-order valence-electron chi connectivity index (χ2n) is 5.10. The second kappa shape index (κ2) is 4.59. The zero-order valence-corrected chi connectivity index (χ0v) is 11.6. The molecule has 0 N–H and O–H groups in total. The molecule has 2 atom stereocenters. The smallest absolute Gasteiger partial charge is 0.289 e. The molecule has 0 unspecified atom stereocenters. The number of nitrogens with zero attached hydrogens (tertiary/aromatic N) is 4. The number of rotatable bonds is 2. The molecule has 0 aliphatic carbocycles. The first-order valence-electron chi connectivity index (χ1n) is 6.72. The van der Waals surface area contributed by atoms with Crippen LogP contribution in [-0.2, 0) is 0 Å². The lowest BCUT2D eigenvalue weighted by Gasteiger charge is -2.24. The third-order valence-corrected chi connectivity index (χ3v) is 4.89. The van der Waals surface area contributed by atoms with Crippen molar-refractivity contribution in [3.8, 4) is 0 Å². The number of hydrogen-bond acceptors (Lipinski definition) is 6. The molecular weight excluding hydrogens is 276 g/mol. The van der Waals surface area contributed by atoms with Gasteiger partial charge in [-0.05, 0) is 25.0 Å². The van der Waals surface area contributed by atoms with Gasteiger partial charge in [-0.1, -0.05) is 11.3 Å². The standard InChI is InChI=1S/C13H14N4O2S/c18-12(11-2-1-7-19-11)16-5-3-10-9(16)4-6-17(10)13-15-14-8-20-13/h1-2,7-10H,3-6H2/t9-,10+/m0/s1. The summed E-state index contributed by atoms with van der Waals surface area (Å²) in [7, 11) is 0. The first-order valence-corrected chi connectivity index (χ1v) is 7.60. The van der Waals surface area contributed by atoms with Crippen LogP contribution in [0.15, 0.2) is 28.3 Å². The van der Waals surface area contributed by atoms with Gasteiger partial charge in [0.15, 0.2) is 5.76 Å². The van der Waals surface area contributed by atoms with E-state index in [9.17, 15) is 4.79 Å². The molecule has 0 saturated carbocycles. The Morgan fingerprint density at radius 3 is 3.00 bits per heavy atom. The van der Waals surface area contributed by atoms with Gasteiger partial charge in [0.2, 0.25) is 5.13 Å². The molecule has 0 radical (unpaired) electrons. The molecule has 4 rings (SSSR count). The van der Waals surface area contributed by atoms with Crippen molar-refractivity contribution < 1.29 is 9.21 Å². The average Bonchev–Trinajstić information content (AvgIpc) is 3.21. The summed E-state index contributed by atoms with van der Waals surface area (Å²) < 4.78 is 5.23. The summed E-state index contributed by atoms with van der Waals surface area (Å²) in [6.45, 7) is 1.72. The first kappa shape index (κ1) is 11.9. The van der Waals surface area contributed by atoms with E-state index in [0.29, 0.717) is 11.8 Å². The number of aromatic nitrogens is 2. The summed E-state index contributed by atoms with van der Waals surface area (Å²) in [5.74, 6) is 0.432. The van der Waals surface area contributed by atoms with Gasteiger partial charge in [-0.2, -0.15) is 0 Å². The fraction of sp³-hybridized carbons (Fsp3) is 0.462. The Hall–Kier alpha value is -1.89. The van der Waals surface area contributed by atoms with Crippen molar-refractivity contribution in [3.63, 3.8) is 0 Å². The van der Waals surface area contributed by atoms with Crippen LogP contribution in [0.2, 0.25) is 0 Å². The van der Waals surface area contributed by atoms with Crippen LogP contribution in [0.4, 0.5) is 5.13 Å². The van der Waals surface area contributed by atoms with E-state index in [4.69, 9.17) is 4.42 Å². The van der Waals surface area contributed by atoms with Gasteiger partial charge in [0, 0.05) is 13.1 Å². The Bertz CT molecular complexity index is 598. The van der Waals surface area contributed by atoms with E-state index in [0.717, 1.165) is 31.1 Å². The molecule has 2 aliphatic heterocycles. The monoisotopic (exact) mass is 290 g/mol. The lowest BCUT2D eigenvalue weighted by molar-refractivity contribution is 0.0705. The van der Waals surface area contributed by atoms with Gasteiger partial charge in [0.1, 0.15) is 5.51 Å². The van der Waals surface area contributed by atoms with Crippen LogP contribution in [0.1, 0.15) is 23.4 Å². The van der Waals surface area contributed by atoms with Crippen molar-refractivity contribution in [1.82, 2.24) is 15.1 Å². The topological polar surface area (TPSA) is 62.5 Å². The van der Waals surface area contributed by atoms with Gasteiger partial charge < -0.3 is 14.2 Å². The summed E-state index contributed by atoms with van der Waals surface area (Å²) in [4.78, 5) is 16.7. The molecule has 6 nitrogen and oxygen atoms in total.